The van der Waals surface area contributed by atoms with Crippen molar-refractivity contribution in [1.82, 2.24) is 5.32 Å². The Labute approximate surface area is 114 Å². The Kier molecular flexibility index (Phi) is 4.82. The van der Waals surface area contributed by atoms with Crippen LogP contribution < -0.4 is 5.32 Å². The zero-order valence-electron chi connectivity index (χ0n) is 11.7. The van der Waals surface area contributed by atoms with E-state index < -0.39 is 0 Å². The standard InChI is InChI=1S/C15H25NOS/c1-10-8-15(12(3)18-10)11(2)16-14-6-4-13(9-17)5-7-14/h8,11,13-14,16-17H,4-7,9H2,1-3H3. The predicted octanol–water partition coefficient (Wildman–Crippen LogP) is 3.57. The summed E-state index contributed by atoms with van der Waals surface area (Å²) in [6, 6.07) is 3.39. The first-order chi connectivity index (χ1) is 8.60. The van der Waals surface area contributed by atoms with Gasteiger partial charge in [0.15, 0.2) is 0 Å². The fourth-order valence-corrected chi connectivity index (χ4v) is 4.06. The minimum absolute atomic E-state index is 0.366. The molecule has 1 aromatic heterocycles. The summed E-state index contributed by atoms with van der Waals surface area (Å²) in [6.45, 7) is 7.03. The van der Waals surface area contributed by atoms with Gasteiger partial charge < -0.3 is 10.4 Å². The van der Waals surface area contributed by atoms with Gasteiger partial charge in [-0.3, -0.25) is 0 Å². The molecule has 1 aliphatic carbocycles. The summed E-state index contributed by atoms with van der Waals surface area (Å²) in [7, 11) is 0. The van der Waals surface area contributed by atoms with E-state index in [0.717, 1.165) is 0 Å². The summed E-state index contributed by atoms with van der Waals surface area (Å²) in [4.78, 5) is 2.84. The third-order valence-electron chi connectivity index (χ3n) is 4.14. The molecule has 0 aromatic carbocycles. The first-order valence-electron chi connectivity index (χ1n) is 7.04. The van der Waals surface area contributed by atoms with Gasteiger partial charge in [0.2, 0.25) is 0 Å². The predicted molar refractivity (Wildman–Crippen MR) is 78.2 cm³/mol. The van der Waals surface area contributed by atoms with Gasteiger partial charge in [0.1, 0.15) is 0 Å². The average molecular weight is 267 g/mol. The molecule has 2 N–H and O–H groups in total. The number of aryl methyl sites for hydroxylation is 2. The second-order valence-electron chi connectivity index (χ2n) is 5.66. The molecule has 1 unspecified atom stereocenters. The number of hydrogen-bond acceptors (Lipinski definition) is 3. The normalized spacial score (nSPS) is 26.2. The molecular formula is C15H25NOS. The van der Waals surface area contributed by atoms with Crippen LogP contribution in [-0.2, 0) is 0 Å². The molecular weight excluding hydrogens is 242 g/mol. The van der Waals surface area contributed by atoms with E-state index in [-0.39, 0.29) is 0 Å². The molecule has 0 saturated heterocycles. The SMILES string of the molecule is Cc1cc(C(C)NC2CCC(CO)CC2)c(C)s1. The highest BCUT2D eigenvalue weighted by molar-refractivity contribution is 7.12. The highest BCUT2D eigenvalue weighted by atomic mass is 32.1. The molecule has 0 radical (unpaired) electrons. The minimum atomic E-state index is 0.366. The molecule has 0 spiro atoms. The van der Waals surface area contributed by atoms with Gasteiger partial charge >= 0.3 is 0 Å². The van der Waals surface area contributed by atoms with Gasteiger partial charge in [-0.05, 0) is 64.0 Å². The van der Waals surface area contributed by atoms with E-state index in [0.29, 0.717) is 24.6 Å². The molecule has 2 rings (SSSR count). The van der Waals surface area contributed by atoms with Crippen molar-refractivity contribution in [2.45, 2.75) is 58.5 Å². The highest BCUT2D eigenvalue weighted by Crippen LogP contribution is 2.29. The number of rotatable bonds is 4. The molecule has 0 bridgehead atoms. The quantitative estimate of drug-likeness (QED) is 0.874. The van der Waals surface area contributed by atoms with Crippen LogP contribution in [0.15, 0.2) is 6.07 Å². The lowest BCUT2D eigenvalue weighted by atomic mass is 9.86. The van der Waals surface area contributed by atoms with Gasteiger partial charge in [-0.15, -0.1) is 11.3 Å². The van der Waals surface area contributed by atoms with Crippen molar-refractivity contribution >= 4 is 11.3 Å². The van der Waals surface area contributed by atoms with E-state index in [4.69, 9.17) is 5.11 Å². The van der Waals surface area contributed by atoms with E-state index >= 15 is 0 Å². The Hall–Kier alpha value is -0.380. The smallest absolute Gasteiger partial charge is 0.0459 e. The van der Waals surface area contributed by atoms with Gasteiger partial charge in [-0.2, -0.15) is 0 Å². The molecule has 1 saturated carbocycles. The zero-order valence-corrected chi connectivity index (χ0v) is 12.5. The van der Waals surface area contributed by atoms with Crippen molar-refractivity contribution in [2.75, 3.05) is 6.61 Å². The first kappa shape index (κ1) is 14.0. The van der Waals surface area contributed by atoms with Crippen molar-refractivity contribution < 1.29 is 5.11 Å². The maximum absolute atomic E-state index is 9.16. The molecule has 1 aliphatic rings. The van der Waals surface area contributed by atoms with Gasteiger partial charge in [0, 0.05) is 28.4 Å². The molecule has 3 heteroatoms. The summed E-state index contributed by atoms with van der Waals surface area (Å²) in [5.74, 6) is 0.545. The third kappa shape index (κ3) is 3.34. The first-order valence-corrected chi connectivity index (χ1v) is 7.85. The molecule has 2 nitrogen and oxygen atoms in total. The summed E-state index contributed by atoms with van der Waals surface area (Å²) < 4.78 is 0. The van der Waals surface area contributed by atoms with Gasteiger partial charge in [-0.1, -0.05) is 0 Å². The van der Waals surface area contributed by atoms with Crippen LogP contribution in [0.4, 0.5) is 0 Å². The van der Waals surface area contributed by atoms with Crippen LogP contribution in [0.3, 0.4) is 0 Å². The summed E-state index contributed by atoms with van der Waals surface area (Å²) >= 11 is 1.89. The monoisotopic (exact) mass is 267 g/mol. The van der Waals surface area contributed by atoms with Crippen LogP contribution in [-0.4, -0.2) is 17.8 Å². The van der Waals surface area contributed by atoms with E-state index in [9.17, 15) is 0 Å². The number of aliphatic hydroxyl groups excluding tert-OH is 1. The van der Waals surface area contributed by atoms with Crippen molar-refractivity contribution in [2.24, 2.45) is 5.92 Å². The highest BCUT2D eigenvalue weighted by Gasteiger charge is 2.22. The van der Waals surface area contributed by atoms with Crippen LogP contribution in [0.5, 0.6) is 0 Å². The lowest BCUT2D eigenvalue weighted by Gasteiger charge is -2.30. The van der Waals surface area contributed by atoms with Crippen molar-refractivity contribution in [1.29, 1.82) is 0 Å². The largest absolute Gasteiger partial charge is 0.396 e. The molecule has 0 amide bonds. The molecule has 1 heterocycles. The van der Waals surface area contributed by atoms with E-state index in [2.05, 4.69) is 32.2 Å². The number of thiophene rings is 1. The Morgan fingerprint density at radius 2 is 2.00 bits per heavy atom. The topological polar surface area (TPSA) is 32.3 Å². The van der Waals surface area contributed by atoms with E-state index in [1.807, 2.05) is 11.3 Å². The number of aliphatic hydroxyl groups is 1. The minimum Gasteiger partial charge on any atom is -0.396 e. The van der Waals surface area contributed by atoms with Crippen molar-refractivity contribution in [3.63, 3.8) is 0 Å². The molecule has 18 heavy (non-hydrogen) atoms. The third-order valence-corrected chi connectivity index (χ3v) is 5.12. The fraction of sp³-hybridized carbons (Fsp3) is 0.733. The van der Waals surface area contributed by atoms with E-state index in [1.165, 1.54) is 41.0 Å². The fourth-order valence-electron chi connectivity index (χ4n) is 3.04. The average Bonchev–Trinajstić information content (AvgIpc) is 2.69. The maximum Gasteiger partial charge on any atom is 0.0459 e. The van der Waals surface area contributed by atoms with E-state index in [1.54, 1.807) is 0 Å². The van der Waals surface area contributed by atoms with Crippen LogP contribution in [0.2, 0.25) is 0 Å². The number of hydrogen-bond donors (Lipinski definition) is 2. The molecule has 102 valence electrons. The van der Waals surface area contributed by atoms with Crippen LogP contribution in [0.1, 0.15) is 54.0 Å². The Morgan fingerprint density at radius 1 is 1.33 bits per heavy atom. The molecule has 0 aliphatic heterocycles. The van der Waals surface area contributed by atoms with Crippen LogP contribution in [0, 0.1) is 19.8 Å². The Balaban J connectivity index is 1.88. The van der Waals surface area contributed by atoms with Crippen molar-refractivity contribution in [3.05, 3.63) is 21.4 Å². The maximum atomic E-state index is 9.16. The second kappa shape index (κ2) is 6.18. The van der Waals surface area contributed by atoms with Crippen LogP contribution >= 0.6 is 11.3 Å². The Morgan fingerprint density at radius 3 is 2.50 bits per heavy atom. The lowest BCUT2D eigenvalue weighted by molar-refractivity contribution is 0.172. The van der Waals surface area contributed by atoms with Crippen molar-refractivity contribution in [3.8, 4) is 0 Å². The Bertz CT molecular complexity index is 380. The second-order valence-corrected chi connectivity index (χ2v) is 7.12. The van der Waals surface area contributed by atoms with Gasteiger partial charge in [-0.25, -0.2) is 0 Å². The number of nitrogens with one attached hydrogen (secondary N) is 1. The molecule has 1 fully saturated rings. The summed E-state index contributed by atoms with van der Waals surface area (Å²) in [5, 5.41) is 12.9. The van der Waals surface area contributed by atoms with Crippen LogP contribution in [0.25, 0.3) is 0 Å². The van der Waals surface area contributed by atoms with Gasteiger partial charge in [0.25, 0.3) is 0 Å². The molecule has 1 atom stereocenters. The summed E-state index contributed by atoms with van der Waals surface area (Å²) in [5.41, 5.74) is 1.46. The molecule has 1 aromatic rings. The zero-order chi connectivity index (χ0) is 13.1. The lowest BCUT2D eigenvalue weighted by Crippen LogP contribution is -2.35. The van der Waals surface area contributed by atoms with Gasteiger partial charge in [0.05, 0.1) is 0 Å². The summed E-state index contributed by atoms with van der Waals surface area (Å²) in [6.07, 6.45) is 4.75.